The Morgan fingerprint density at radius 3 is 0.986 bits per heavy atom. The molecule has 1 saturated carbocycles. The molecule has 6 aliphatic heterocycles. The highest BCUT2D eigenvalue weighted by atomic mass is 16.2. The minimum atomic E-state index is 0.0653. The number of fused-ring (bicyclic) bond motifs is 1. The van der Waals surface area contributed by atoms with Gasteiger partial charge < -0.3 is 24.9 Å². The van der Waals surface area contributed by atoms with Crippen LogP contribution in [0.5, 0.6) is 0 Å². The Balaban J connectivity index is -0.000000391. The largest absolute Gasteiger partial charge is 0.339 e. The predicted molar refractivity (Wildman–Crippen MR) is 322 cm³/mol. The normalized spacial score (nSPS) is 22.1. The molecule has 0 aromatic carbocycles. The number of carbonyl (C=O) groups excluding carboxylic acids is 4. The van der Waals surface area contributed by atoms with E-state index in [0.29, 0.717) is 44.8 Å². The third kappa shape index (κ3) is 28.0. The molecule has 7 rings (SSSR count). The third-order valence-corrected chi connectivity index (χ3v) is 15.0. The maximum Gasteiger partial charge on any atom is 0.245 e. The van der Waals surface area contributed by atoms with Gasteiger partial charge in [0.25, 0.3) is 0 Å². The molecule has 6 heterocycles. The number of nitrogens with one attached hydrogen (secondary N) is 1. The summed E-state index contributed by atoms with van der Waals surface area (Å²) >= 11 is 0. The maximum absolute atomic E-state index is 11.4. The lowest BCUT2D eigenvalue weighted by molar-refractivity contribution is -0.135. The van der Waals surface area contributed by atoms with Gasteiger partial charge in [-0.25, -0.2) is 0 Å². The van der Waals surface area contributed by atoms with Gasteiger partial charge in [-0.05, 0) is 132 Å². The quantitative estimate of drug-likeness (QED) is 0.283. The molecule has 430 valence electrons. The van der Waals surface area contributed by atoms with Crippen molar-refractivity contribution in [3.05, 3.63) is 50.6 Å². The summed E-state index contributed by atoms with van der Waals surface area (Å²) in [5.41, 5.74) is 1.87. The molecule has 4 amide bonds. The van der Waals surface area contributed by atoms with Crippen molar-refractivity contribution < 1.29 is 19.2 Å². The first-order valence-corrected chi connectivity index (χ1v) is 29.3. The van der Waals surface area contributed by atoms with Gasteiger partial charge in [0, 0.05) is 58.4 Å². The van der Waals surface area contributed by atoms with Gasteiger partial charge in [-0.15, -0.1) is 0 Å². The van der Waals surface area contributed by atoms with Crippen LogP contribution < -0.4 is 5.32 Å². The van der Waals surface area contributed by atoms with Gasteiger partial charge in [0.2, 0.25) is 23.6 Å². The number of piperidine rings is 2. The van der Waals surface area contributed by atoms with Crippen LogP contribution in [0.3, 0.4) is 0 Å². The summed E-state index contributed by atoms with van der Waals surface area (Å²) in [6.07, 6.45) is 12.8. The van der Waals surface area contributed by atoms with Crippen molar-refractivity contribution >= 4 is 23.6 Å². The predicted octanol–water partition coefficient (Wildman–Crippen LogP) is 15.4. The number of nitrogens with zero attached hydrogens (tertiary/aromatic N) is 4. The smallest absolute Gasteiger partial charge is 0.245 e. The summed E-state index contributed by atoms with van der Waals surface area (Å²) in [7, 11) is 0. The van der Waals surface area contributed by atoms with E-state index in [4.69, 9.17) is 0 Å². The molecular weight excluding hydrogens is 903 g/mol. The fourth-order valence-electron chi connectivity index (χ4n) is 10.0. The van der Waals surface area contributed by atoms with Crippen LogP contribution in [-0.2, 0) is 19.2 Å². The molecule has 0 spiro atoms. The lowest BCUT2D eigenvalue weighted by Crippen LogP contribution is -2.54. The first-order chi connectivity index (χ1) is 33.9. The molecule has 6 saturated heterocycles. The Kier molecular flexibility index (Phi) is 39.2. The topological polar surface area (TPSA) is 93.3 Å². The molecule has 9 nitrogen and oxygen atoms in total. The van der Waals surface area contributed by atoms with E-state index in [1.54, 1.807) is 0 Å². The van der Waals surface area contributed by atoms with E-state index in [9.17, 15) is 19.2 Å². The molecule has 0 aromatic rings. The highest BCUT2D eigenvalue weighted by molar-refractivity contribution is 5.88. The van der Waals surface area contributed by atoms with E-state index in [-0.39, 0.29) is 23.6 Å². The van der Waals surface area contributed by atoms with Crippen LogP contribution in [0.25, 0.3) is 0 Å². The number of hydrogen-bond donors (Lipinski definition) is 1. The third-order valence-electron chi connectivity index (χ3n) is 15.0. The maximum atomic E-state index is 11.4. The average Bonchev–Trinajstić information content (AvgIpc) is 4.14. The van der Waals surface area contributed by atoms with E-state index in [1.807, 2.05) is 88.8 Å². The molecule has 5 atom stereocenters. The van der Waals surface area contributed by atoms with Crippen molar-refractivity contribution in [1.82, 2.24) is 24.9 Å². The van der Waals surface area contributed by atoms with Crippen LogP contribution in [-0.4, -0.2) is 108 Å². The Hall–Kier alpha value is -3.20. The number of carbonyl (C=O) groups is 4. The van der Waals surface area contributed by atoms with Crippen molar-refractivity contribution in [3.8, 4) is 0 Å². The first kappa shape index (κ1) is 76.3. The molecule has 1 aliphatic carbocycles. The second-order valence-electron chi connectivity index (χ2n) is 24.6. The summed E-state index contributed by atoms with van der Waals surface area (Å²) in [5.74, 6) is 4.94. The molecule has 0 radical (unpaired) electrons. The Morgan fingerprint density at radius 1 is 0.397 bits per heavy atom. The van der Waals surface area contributed by atoms with Gasteiger partial charge in [0.05, 0.1) is 0 Å². The summed E-state index contributed by atoms with van der Waals surface area (Å²) < 4.78 is 0. The van der Waals surface area contributed by atoms with Gasteiger partial charge in [-0.3, -0.25) is 19.2 Å². The number of likely N-dealkylation sites (tertiary alicyclic amines) is 4. The van der Waals surface area contributed by atoms with E-state index in [1.165, 1.54) is 43.7 Å². The lowest BCUT2D eigenvalue weighted by Gasteiger charge is -2.45. The molecule has 0 aromatic heterocycles. The zero-order chi connectivity index (χ0) is 58.3. The summed E-state index contributed by atoms with van der Waals surface area (Å²) in [6, 6.07) is 0.866. The summed E-state index contributed by atoms with van der Waals surface area (Å²) in [6.45, 7) is 76.5. The molecule has 9 heteroatoms. The zero-order valence-electron chi connectivity index (χ0n) is 53.2. The highest BCUT2D eigenvalue weighted by Gasteiger charge is 2.51. The van der Waals surface area contributed by atoms with Gasteiger partial charge >= 0.3 is 0 Å². The first-order valence-electron chi connectivity index (χ1n) is 29.3. The second kappa shape index (κ2) is 37.5. The van der Waals surface area contributed by atoms with Crippen LogP contribution in [0.15, 0.2) is 50.6 Å². The van der Waals surface area contributed by atoms with Crippen LogP contribution in [0, 0.1) is 62.6 Å². The Morgan fingerprint density at radius 2 is 0.699 bits per heavy atom. The summed E-state index contributed by atoms with van der Waals surface area (Å²) in [4.78, 5) is 52.7. The van der Waals surface area contributed by atoms with Crippen molar-refractivity contribution in [2.45, 2.75) is 218 Å². The molecule has 7 aliphatic rings. The van der Waals surface area contributed by atoms with Crippen molar-refractivity contribution in [2.24, 2.45) is 62.6 Å². The van der Waals surface area contributed by atoms with Gasteiger partial charge in [0.1, 0.15) is 0 Å². The average molecular weight is 1030 g/mol. The van der Waals surface area contributed by atoms with E-state index in [0.717, 1.165) is 102 Å². The van der Waals surface area contributed by atoms with Crippen LogP contribution in [0.1, 0.15) is 212 Å². The monoisotopic (exact) mass is 1030 g/mol. The standard InChI is InChI=1S/2C12H21NO.C11H19NO.C10H17NO.C9H17N.5C2H6/c1-5-11(14)13-8-6-10(7-9-13)12(2,3)4;1-5-11(14)13-8-6-7-10(9-13)12(2,3)4;1-5-10(13)12-7-6-9(8-12)11(2,3)4;1-5-9(12)11-6-8(7-11)10(2,3)4;1-9(2,3)8-6-4-7(8)10-5-6;5*1-2/h2*5,10H,1,6-9H2,2-4H3;5,9H,1,6-8H2,2-4H3;5,8H,1,6-7H2,2-4H3;6-8,10H,4-5H2,1-3H3;5*1-2H3/t;;;;6-,7-,8?;;;;;/m....1...../s1. The molecular formula is C64H125N5O4. The van der Waals surface area contributed by atoms with Crippen LogP contribution in [0.4, 0.5) is 0 Å². The van der Waals surface area contributed by atoms with Crippen molar-refractivity contribution in [2.75, 3.05) is 58.9 Å². The van der Waals surface area contributed by atoms with Crippen LogP contribution in [0.2, 0.25) is 0 Å². The highest BCUT2D eigenvalue weighted by Crippen LogP contribution is 2.49. The zero-order valence-corrected chi connectivity index (χ0v) is 53.2. The fourth-order valence-corrected chi connectivity index (χ4v) is 10.0. The molecule has 1 N–H and O–H groups in total. The number of hydrogen-bond acceptors (Lipinski definition) is 5. The van der Waals surface area contributed by atoms with Gasteiger partial charge in [-0.2, -0.15) is 0 Å². The molecule has 73 heavy (non-hydrogen) atoms. The minimum Gasteiger partial charge on any atom is -0.339 e. The SMILES string of the molecule is C=CC(=O)N1CC(C(C)(C)C)C1.C=CC(=O)N1CCC(C(C)(C)C)C1.C=CC(=O)N1CCC(C(C)(C)C)CC1.C=CC(=O)N1CCCC(C(C)(C)C)C1.CC.CC.CC.CC.CC.CC(C)(C)C1[C@H]2CN[C@@H]1C2. The lowest BCUT2D eigenvalue weighted by atomic mass is 9.61. The van der Waals surface area contributed by atoms with E-state index >= 15 is 0 Å². The number of amides is 4. The van der Waals surface area contributed by atoms with E-state index in [2.05, 4.69) is 135 Å². The van der Waals surface area contributed by atoms with Crippen LogP contribution >= 0.6 is 0 Å². The van der Waals surface area contributed by atoms with Crippen molar-refractivity contribution in [1.29, 1.82) is 0 Å². The van der Waals surface area contributed by atoms with Crippen molar-refractivity contribution in [3.63, 3.8) is 0 Å². The fraction of sp³-hybridized carbons (Fsp3) is 0.812. The van der Waals surface area contributed by atoms with Gasteiger partial charge in [-0.1, -0.05) is 199 Å². The Labute approximate surface area is 455 Å². The minimum absolute atomic E-state index is 0.0653. The Bertz CT molecular complexity index is 1520. The van der Waals surface area contributed by atoms with E-state index < -0.39 is 0 Å². The number of rotatable bonds is 4. The molecule has 3 unspecified atom stereocenters. The molecule has 7 fully saturated rings. The van der Waals surface area contributed by atoms with Gasteiger partial charge in [0.15, 0.2) is 0 Å². The molecule has 2 bridgehead atoms. The second-order valence-corrected chi connectivity index (χ2v) is 24.6. The summed E-state index contributed by atoms with van der Waals surface area (Å²) in [5, 5.41) is 3.55.